The maximum Gasteiger partial charge on any atom is 0.312 e. The second-order valence-electron chi connectivity index (χ2n) is 7.71. The lowest BCUT2D eigenvalue weighted by Gasteiger charge is -2.49. The van der Waals surface area contributed by atoms with Crippen molar-refractivity contribution in [1.82, 2.24) is 0 Å². The molecule has 1 aromatic rings. The fourth-order valence-electron chi connectivity index (χ4n) is 3.93. The summed E-state index contributed by atoms with van der Waals surface area (Å²) in [7, 11) is 1.68. The van der Waals surface area contributed by atoms with Gasteiger partial charge < -0.3 is 9.47 Å². The molecule has 0 radical (unpaired) electrons. The number of benzene rings is 1. The van der Waals surface area contributed by atoms with Crippen LogP contribution in [0.2, 0.25) is 0 Å². The summed E-state index contributed by atoms with van der Waals surface area (Å²) in [5.41, 5.74) is 0.0227. The zero-order valence-corrected chi connectivity index (χ0v) is 16.6. The third-order valence-electron chi connectivity index (χ3n) is 5.51. The molecule has 0 amide bonds. The third kappa shape index (κ3) is 3.60. The van der Waals surface area contributed by atoms with E-state index < -0.39 is 10.8 Å². The highest BCUT2D eigenvalue weighted by Crippen LogP contribution is 2.53. The van der Waals surface area contributed by atoms with Crippen molar-refractivity contribution >= 4 is 5.97 Å². The van der Waals surface area contributed by atoms with Gasteiger partial charge in [-0.25, -0.2) is 0 Å². The van der Waals surface area contributed by atoms with E-state index in [0.717, 1.165) is 17.7 Å². The third-order valence-corrected chi connectivity index (χ3v) is 5.51. The Hall–Kier alpha value is -1.51. The first-order valence-corrected chi connectivity index (χ1v) is 8.95. The molecule has 3 nitrogen and oxygen atoms in total. The van der Waals surface area contributed by atoms with Crippen LogP contribution < -0.4 is 4.74 Å². The van der Waals surface area contributed by atoms with E-state index in [-0.39, 0.29) is 11.9 Å². The lowest BCUT2D eigenvalue weighted by molar-refractivity contribution is -0.162. The van der Waals surface area contributed by atoms with Crippen LogP contribution in [0.4, 0.5) is 0 Å². The van der Waals surface area contributed by atoms with Gasteiger partial charge in [-0.05, 0) is 38.2 Å². The van der Waals surface area contributed by atoms with E-state index in [4.69, 9.17) is 9.47 Å². The zero-order chi connectivity index (χ0) is 18.5. The van der Waals surface area contributed by atoms with Gasteiger partial charge in [-0.2, -0.15) is 0 Å². The van der Waals surface area contributed by atoms with Crippen LogP contribution in [0, 0.1) is 17.3 Å². The molecule has 24 heavy (non-hydrogen) atoms. The van der Waals surface area contributed by atoms with Crippen molar-refractivity contribution in [3.8, 4) is 5.75 Å². The van der Waals surface area contributed by atoms with Crippen molar-refractivity contribution in [1.29, 1.82) is 0 Å². The summed E-state index contributed by atoms with van der Waals surface area (Å²) < 4.78 is 11.1. The van der Waals surface area contributed by atoms with Crippen molar-refractivity contribution in [2.24, 2.45) is 17.3 Å². The minimum absolute atomic E-state index is 0.124. The highest BCUT2D eigenvalue weighted by atomic mass is 16.5. The minimum Gasteiger partial charge on any atom is -0.496 e. The molecule has 0 aliphatic carbocycles. The second kappa shape index (κ2) is 8.04. The summed E-state index contributed by atoms with van der Waals surface area (Å²) in [5.74, 6) is 1.32. The van der Waals surface area contributed by atoms with Gasteiger partial charge in [-0.15, -0.1) is 0 Å². The van der Waals surface area contributed by atoms with Gasteiger partial charge in [0.25, 0.3) is 0 Å². The average molecular weight is 335 g/mol. The smallest absolute Gasteiger partial charge is 0.312 e. The lowest BCUT2D eigenvalue weighted by atomic mass is 9.54. The lowest BCUT2D eigenvalue weighted by Crippen LogP contribution is -2.52. The second-order valence-corrected chi connectivity index (χ2v) is 7.71. The van der Waals surface area contributed by atoms with Gasteiger partial charge in [0.1, 0.15) is 5.75 Å². The summed E-state index contributed by atoms with van der Waals surface area (Å²) in [5, 5.41) is 0. The number of hydrogen-bond donors (Lipinski definition) is 0. The molecule has 0 aliphatic rings. The largest absolute Gasteiger partial charge is 0.496 e. The highest BCUT2D eigenvalue weighted by molar-refractivity contribution is 5.79. The minimum atomic E-state index is -0.639. The van der Waals surface area contributed by atoms with E-state index in [1.807, 2.05) is 25.1 Å². The van der Waals surface area contributed by atoms with Crippen LogP contribution in [-0.2, 0) is 14.9 Å². The van der Waals surface area contributed by atoms with E-state index in [9.17, 15) is 4.79 Å². The molecule has 1 rings (SSSR count). The summed E-state index contributed by atoms with van der Waals surface area (Å²) >= 11 is 0. The van der Waals surface area contributed by atoms with Crippen molar-refractivity contribution in [3.63, 3.8) is 0 Å². The molecule has 0 aliphatic heterocycles. The fourth-order valence-corrected chi connectivity index (χ4v) is 3.93. The fraction of sp³-hybridized carbons (Fsp3) is 0.667. The van der Waals surface area contributed by atoms with E-state index in [0.29, 0.717) is 12.5 Å². The predicted molar refractivity (Wildman–Crippen MR) is 99.4 cm³/mol. The molecule has 0 saturated heterocycles. The first-order chi connectivity index (χ1) is 11.1. The van der Waals surface area contributed by atoms with Gasteiger partial charge in [0.05, 0.1) is 19.1 Å². The number of ether oxygens (including phenoxy) is 2. The van der Waals surface area contributed by atoms with Crippen LogP contribution in [0.25, 0.3) is 0 Å². The Bertz CT molecular complexity index is 550. The summed E-state index contributed by atoms with van der Waals surface area (Å²) in [6, 6.07) is 8.03. The van der Waals surface area contributed by atoms with Crippen LogP contribution in [0.5, 0.6) is 5.75 Å². The number of esters is 1. The Labute approximate surface area is 147 Å². The molecule has 0 N–H and O–H groups in total. The van der Waals surface area contributed by atoms with Crippen molar-refractivity contribution < 1.29 is 14.3 Å². The molecule has 0 saturated carbocycles. The Balaban J connectivity index is 3.64. The molecule has 3 heteroatoms. The van der Waals surface area contributed by atoms with Crippen LogP contribution >= 0.6 is 0 Å². The number of methoxy groups -OCH3 is 1. The molecule has 0 bridgehead atoms. The Kier molecular flexibility index (Phi) is 6.88. The summed E-state index contributed by atoms with van der Waals surface area (Å²) in [6.45, 7) is 15.1. The predicted octanol–water partition coefficient (Wildman–Crippen LogP) is 5.22. The number of para-hydroxylation sites is 1. The molecule has 1 aromatic carbocycles. The van der Waals surface area contributed by atoms with Gasteiger partial charge in [0, 0.05) is 11.0 Å². The highest BCUT2D eigenvalue weighted by Gasteiger charge is 2.54. The van der Waals surface area contributed by atoms with Gasteiger partial charge in [-0.3, -0.25) is 4.79 Å². The van der Waals surface area contributed by atoms with Crippen LogP contribution in [0.15, 0.2) is 24.3 Å². The Morgan fingerprint density at radius 3 is 2.17 bits per heavy atom. The quantitative estimate of drug-likeness (QED) is 0.611. The van der Waals surface area contributed by atoms with Crippen molar-refractivity contribution in [2.75, 3.05) is 13.7 Å². The maximum atomic E-state index is 13.1. The first kappa shape index (κ1) is 20.5. The monoisotopic (exact) mass is 334 g/mol. The average Bonchev–Trinajstić information content (AvgIpc) is 2.53. The number of hydrogen-bond acceptors (Lipinski definition) is 3. The van der Waals surface area contributed by atoms with Crippen molar-refractivity contribution in [2.45, 2.75) is 60.3 Å². The maximum absolute atomic E-state index is 13.1. The molecule has 136 valence electrons. The van der Waals surface area contributed by atoms with E-state index >= 15 is 0 Å². The number of carbonyl (C=O) groups is 1. The van der Waals surface area contributed by atoms with E-state index in [1.54, 1.807) is 7.11 Å². The normalized spacial score (nSPS) is 16.6. The Morgan fingerprint density at radius 2 is 1.71 bits per heavy atom. The van der Waals surface area contributed by atoms with E-state index in [2.05, 4.69) is 47.6 Å². The molecule has 0 spiro atoms. The standard InChI is InChI=1S/C21H34O3/c1-9-24-19(22)20(6,14-15(2)3)21(7,16(4)5)17-12-10-11-13-18(17)23-8/h10-13,15-16H,9,14H2,1-8H3. The van der Waals surface area contributed by atoms with Crippen molar-refractivity contribution in [3.05, 3.63) is 29.8 Å². The SMILES string of the molecule is CCOC(=O)C(C)(CC(C)C)C(C)(c1ccccc1OC)C(C)C. The molecule has 0 heterocycles. The molecule has 0 fully saturated rings. The Morgan fingerprint density at radius 1 is 1.12 bits per heavy atom. The first-order valence-electron chi connectivity index (χ1n) is 8.95. The van der Waals surface area contributed by atoms with Crippen LogP contribution in [0.3, 0.4) is 0 Å². The molecular formula is C21H34O3. The van der Waals surface area contributed by atoms with Gasteiger partial charge in [-0.1, -0.05) is 52.8 Å². The van der Waals surface area contributed by atoms with Gasteiger partial charge in [0.15, 0.2) is 0 Å². The number of carbonyl (C=O) groups excluding carboxylic acids is 1. The van der Waals surface area contributed by atoms with E-state index in [1.165, 1.54) is 0 Å². The van der Waals surface area contributed by atoms with Gasteiger partial charge in [0.2, 0.25) is 0 Å². The number of rotatable bonds is 8. The summed E-state index contributed by atoms with van der Waals surface area (Å²) in [6.07, 6.45) is 0.762. The molecule has 0 aromatic heterocycles. The topological polar surface area (TPSA) is 35.5 Å². The van der Waals surface area contributed by atoms with Crippen LogP contribution in [-0.4, -0.2) is 19.7 Å². The summed E-state index contributed by atoms with van der Waals surface area (Å²) in [4.78, 5) is 13.1. The van der Waals surface area contributed by atoms with Gasteiger partial charge >= 0.3 is 5.97 Å². The molecule has 2 unspecified atom stereocenters. The molecular weight excluding hydrogens is 300 g/mol. The molecule has 2 atom stereocenters. The van der Waals surface area contributed by atoms with Crippen LogP contribution in [0.1, 0.15) is 60.5 Å². The zero-order valence-electron chi connectivity index (χ0n) is 16.6.